The van der Waals surface area contributed by atoms with Crippen LogP contribution in [0.5, 0.6) is 0 Å². The van der Waals surface area contributed by atoms with Crippen LogP contribution in [0.3, 0.4) is 0 Å². The number of carbonyl (C=O) groups is 2. The fraction of sp³-hybridized carbons (Fsp3) is 0.556. The van der Waals surface area contributed by atoms with Gasteiger partial charge in [-0.25, -0.2) is 0 Å². The van der Waals surface area contributed by atoms with Crippen molar-refractivity contribution in [1.82, 2.24) is 5.32 Å². The molecule has 0 fully saturated rings. The Labute approximate surface area is 82.7 Å². The summed E-state index contributed by atoms with van der Waals surface area (Å²) in [6.07, 6.45) is 0.0365. The first-order chi connectivity index (χ1) is 6.57. The molecule has 14 heavy (non-hydrogen) atoms. The first-order valence-electron chi connectivity index (χ1n) is 4.22. The zero-order valence-electron chi connectivity index (χ0n) is 8.04. The second-order valence-corrected chi connectivity index (χ2v) is 2.68. The average Bonchev–Trinajstić information content (AvgIpc) is 2.14. The summed E-state index contributed by atoms with van der Waals surface area (Å²) in [6, 6.07) is -0.773. The highest BCUT2D eigenvalue weighted by molar-refractivity contribution is 5.82. The van der Waals surface area contributed by atoms with Gasteiger partial charge in [-0.2, -0.15) is 0 Å². The van der Waals surface area contributed by atoms with Crippen molar-refractivity contribution < 1.29 is 14.7 Å². The number of aliphatic carboxylic acids is 1. The molecule has 0 heterocycles. The Morgan fingerprint density at radius 2 is 2.21 bits per heavy atom. The van der Waals surface area contributed by atoms with Crippen molar-refractivity contribution in [3.63, 3.8) is 0 Å². The predicted octanol–water partition coefficient (Wildman–Crippen LogP) is -0.682. The molecule has 1 amide bonds. The van der Waals surface area contributed by atoms with Crippen LogP contribution >= 0.6 is 0 Å². The van der Waals surface area contributed by atoms with Gasteiger partial charge in [0.15, 0.2) is 0 Å². The van der Waals surface area contributed by atoms with Gasteiger partial charge >= 0.3 is 5.97 Å². The Balaban J connectivity index is 3.74. The van der Waals surface area contributed by atoms with E-state index in [9.17, 15) is 9.59 Å². The third-order valence-corrected chi connectivity index (χ3v) is 1.53. The molecule has 1 atom stereocenters. The van der Waals surface area contributed by atoms with Crippen LogP contribution < -0.4 is 11.1 Å². The Morgan fingerprint density at radius 1 is 1.57 bits per heavy atom. The molecule has 0 aromatic carbocycles. The highest BCUT2D eigenvalue weighted by atomic mass is 16.4. The summed E-state index contributed by atoms with van der Waals surface area (Å²) in [5.41, 5.74) is 5.42. The summed E-state index contributed by atoms with van der Waals surface area (Å²) in [4.78, 5) is 21.3. The van der Waals surface area contributed by atoms with Gasteiger partial charge < -0.3 is 16.2 Å². The second kappa shape index (κ2) is 6.92. The molecule has 0 aromatic heterocycles. The van der Waals surface area contributed by atoms with E-state index in [1.807, 2.05) is 0 Å². The van der Waals surface area contributed by atoms with Gasteiger partial charge in [0.2, 0.25) is 5.91 Å². The molecular weight excluding hydrogens is 184 g/mol. The lowest BCUT2D eigenvalue weighted by molar-refractivity contribution is -0.137. The van der Waals surface area contributed by atoms with Crippen molar-refractivity contribution in [3.05, 3.63) is 0 Å². The van der Waals surface area contributed by atoms with Gasteiger partial charge in [0.1, 0.15) is 0 Å². The summed E-state index contributed by atoms with van der Waals surface area (Å²) in [7, 11) is 0. The number of amides is 1. The van der Waals surface area contributed by atoms with Crippen LogP contribution in [0, 0.1) is 11.8 Å². The molecular formula is C9H14N2O3. The molecule has 0 saturated carbocycles. The SMILES string of the molecule is CC#CCNC(=O)C(N)CCC(=O)O. The molecule has 78 valence electrons. The Hall–Kier alpha value is -1.54. The van der Waals surface area contributed by atoms with E-state index in [1.54, 1.807) is 6.92 Å². The number of carbonyl (C=O) groups excluding carboxylic acids is 1. The molecule has 5 heteroatoms. The minimum atomic E-state index is -0.957. The van der Waals surface area contributed by atoms with E-state index in [-0.39, 0.29) is 25.3 Å². The first kappa shape index (κ1) is 12.5. The van der Waals surface area contributed by atoms with Crippen molar-refractivity contribution >= 4 is 11.9 Å². The molecule has 0 spiro atoms. The number of rotatable bonds is 5. The molecule has 0 aliphatic heterocycles. The number of hydrogen-bond acceptors (Lipinski definition) is 3. The largest absolute Gasteiger partial charge is 0.481 e. The Morgan fingerprint density at radius 3 is 2.71 bits per heavy atom. The Bertz CT molecular complexity index is 265. The van der Waals surface area contributed by atoms with Gasteiger partial charge in [-0.05, 0) is 13.3 Å². The lowest BCUT2D eigenvalue weighted by Gasteiger charge is -2.08. The van der Waals surface area contributed by atoms with Crippen molar-refractivity contribution in [2.45, 2.75) is 25.8 Å². The van der Waals surface area contributed by atoms with Crippen LogP contribution in [0.25, 0.3) is 0 Å². The monoisotopic (exact) mass is 198 g/mol. The zero-order chi connectivity index (χ0) is 11.0. The minimum absolute atomic E-state index is 0.103. The molecule has 0 saturated heterocycles. The number of nitrogens with two attached hydrogens (primary N) is 1. The highest BCUT2D eigenvalue weighted by Crippen LogP contribution is 1.94. The van der Waals surface area contributed by atoms with Crippen molar-refractivity contribution in [1.29, 1.82) is 0 Å². The van der Waals surface area contributed by atoms with Crippen molar-refractivity contribution in [2.24, 2.45) is 5.73 Å². The van der Waals surface area contributed by atoms with Crippen LogP contribution in [0.4, 0.5) is 0 Å². The lowest BCUT2D eigenvalue weighted by atomic mass is 10.1. The first-order valence-corrected chi connectivity index (χ1v) is 4.22. The molecule has 0 radical (unpaired) electrons. The summed E-state index contributed by atoms with van der Waals surface area (Å²) >= 11 is 0. The average molecular weight is 198 g/mol. The highest BCUT2D eigenvalue weighted by Gasteiger charge is 2.13. The molecule has 4 N–H and O–H groups in total. The fourth-order valence-corrected chi connectivity index (χ4v) is 0.761. The molecule has 1 unspecified atom stereocenters. The fourth-order valence-electron chi connectivity index (χ4n) is 0.761. The normalized spacial score (nSPS) is 11.0. The predicted molar refractivity (Wildman–Crippen MR) is 51.3 cm³/mol. The van der Waals surface area contributed by atoms with E-state index < -0.39 is 12.0 Å². The molecule has 0 bridgehead atoms. The summed E-state index contributed by atoms with van der Waals surface area (Å²) < 4.78 is 0. The maximum Gasteiger partial charge on any atom is 0.303 e. The maximum absolute atomic E-state index is 11.1. The number of hydrogen-bond donors (Lipinski definition) is 3. The lowest BCUT2D eigenvalue weighted by Crippen LogP contribution is -2.40. The summed E-state index contributed by atoms with van der Waals surface area (Å²) in [6.45, 7) is 1.91. The van der Waals surface area contributed by atoms with Gasteiger partial charge in [0.05, 0.1) is 12.6 Å². The molecule has 0 aromatic rings. The quantitative estimate of drug-likeness (QED) is 0.510. The van der Waals surface area contributed by atoms with Gasteiger partial charge in [-0.1, -0.05) is 5.92 Å². The summed E-state index contributed by atoms with van der Waals surface area (Å²) in [5, 5.41) is 10.8. The van der Waals surface area contributed by atoms with Crippen molar-refractivity contribution in [3.8, 4) is 11.8 Å². The van der Waals surface area contributed by atoms with Crippen LogP contribution in [0.1, 0.15) is 19.8 Å². The van der Waals surface area contributed by atoms with Crippen LogP contribution in [-0.4, -0.2) is 29.6 Å². The molecule has 5 nitrogen and oxygen atoms in total. The van der Waals surface area contributed by atoms with Crippen LogP contribution in [0.15, 0.2) is 0 Å². The third-order valence-electron chi connectivity index (χ3n) is 1.53. The Kier molecular flexibility index (Phi) is 6.16. The standard InChI is InChI=1S/C9H14N2O3/c1-2-3-6-11-9(14)7(10)4-5-8(12)13/h7H,4-6,10H2,1H3,(H,11,14)(H,12,13). The topological polar surface area (TPSA) is 92.4 Å². The summed E-state index contributed by atoms with van der Waals surface area (Å²) in [5.74, 6) is 3.93. The van der Waals surface area contributed by atoms with E-state index in [1.165, 1.54) is 0 Å². The van der Waals surface area contributed by atoms with Crippen molar-refractivity contribution in [2.75, 3.05) is 6.54 Å². The molecule has 0 rings (SSSR count). The van der Waals surface area contributed by atoms with Crippen LogP contribution in [-0.2, 0) is 9.59 Å². The smallest absolute Gasteiger partial charge is 0.303 e. The number of carboxylic acids is 1. The van der Waals surface area contributed by atoms with E-state index in [2.05, 4.69) is 17.2 Å². The number of nitrogens with one attached hydrogen (secondary N) is 1. The van der Waals surface area contributed by atoms with E-state index in [4.69, 9.17) is 10.8 Å². The molecule has 0 aliphatic rings. The maximum atomic E-state index is 11.1. The third kappa shape index (κ3) is 6.03. The van der Waals surface area contributed by atoms with E-state index in [0.717, 1.165) is 0 Å². The van der Waals surface area contributed by atoms with Gasteiger partial charge in [-0.3, -0.25) is 9.59 Å². The van der Waals surface area contributed by atoms with E-state index in [0.29, 0.717) is 0 Å². The van der Waals surface area contributed by atoms with E-state index >= 15 is 0 Å². The number of carboxylic acid groups (broad SMARTS) is 1. The van der Waals surface area contributed by atoms with Gasteiger partial charge in [-0.15, -0.1) is 5.92 Å². The minimum Gasteiger partial charge on any atom is -0.481 e. The zero-order valence-corrected chi connectivity index (χ0v) is 8.04. The van der Waals surface area contributed by atoms with Gasteiger partial charge in [0, 0.05) is 6.42 Å². The van der Waals surface area contributed by atoms with Gasteiger partial charge in [0.25, 0.3) is 0 Å². The second-order valence-electron chi connectivity index (χ2n) is 2.68. The molecule has 0 aliphatic carbocycles. The van der Waals surface area contributed by atoms with Crippen LogP contribution in [0.2, 0.25) is 0 Å².